The van der Waals surface area contributed by atoms with E-state index < -0.39 is 0 Å². The van der Waals surface area contributed by atoms with Crippen molar-refractivity contribution in [3.63, 3.8) is 0 Å². The van der Waals surface area contributed by atoms with Gasteiger partial charge in [0.2, 0.25) is 5.13 Å². The van der Waals surface area contributed by atoms with Gasteiger partial charge >= 0.3 is 0 Å². The van der Waals surface area contributed by atoms with E-state index in [1.165, 1.54) is 28.7 Å². The Balaban J connectivity index is 1.67. The maximum absolute atomic E-state index is 12.6. The van der Waals surface area contributed by atoms with Crippen molar-refractivity contribution in [1.82, 2.24) is 14.8 Å². The Bertz CT molecular complexity index is 871. The molecule has 0 saturated heterocycles. The number of thioether (sulfide) groups is 1. The molecule has 7 heteroatoms. The van der Waals surface area contributed by atoms with Crippen LogP contribution in [0, 0.1) is 13.8 Å². The molecule has 1 aromatic carbocycles. The van der Waals surface area contributed by atoms with E-state index in [1.54, 1.807) is 0 Å². The summed E-state index contributed by atoms with van der Waals surface area (Å²) in [5, 5.41) is 8.13. The molecule has 5 nitrogen and oxygen atoms in total. The minimum Gasteiger partial charge on any atom is -0.374 e. The van der Waals surface area contributed by atoms with Crippen LogP contribution in [0.4, 0.5) is 5.13 Å². The molecule has 0 aliphatic carbocycles. The van der Waals surface area contributed by atoms with E-state index in [-0.39, 0.29) is 5.78 Å². The van der Waals surface area contributed by atoms with Crippen LogP contribution in [0.3, 0.4) is 0 Å². The molecule has 0 aliphatic rings. The van der Waals surface area contributed by atoms with Crippen LogP contribution in [0.15, 0.2) is 40.7 Å². The fraction of sp³-hybridized carbons (Fsp3) is 0.278. The number of Topliss-reactive ketones (excluding diaryl/α,β-unsaturated/α-hetero) is 1. The van der Waals surface area contributed by atoms with Gasteiger partial charge in [-0.3, -0.25) is 4.79 Å². The van der Waals surface area contributed by atoms with Crippen molar-refractivity contribution in [3.8, 4) is 0 Å². The summed E-state index contributed by atoms with van der Waals surface area (Å²) in [7, 11) is 0. The van der Waals surface area contributed by atoms with Gasteiger partial charge in [0.05, 0.1) is 5.75 Å². The minimum atomic E-state index is 0.109. The summed E-state index contributed by atoms with van der Waals surface area (Å²) in [4.78, 5) is 12.6. The molecule has 2 N–H and O–H groups in total. The number of carbonyl (C=O) groups is 1. The standard InChI is InChI=1S/C18H20N4OS2/c1-12-10-15(16(23)11-24-18-21-20-17(19)25-18)13(2)22(12)9-8-14-6-4-3-5-7-14/h3-7,10H,8-9,11H2,1-2H3,(H2,19,20). The Morgan fingerprint density at radius 2 is 2.00 bits per heavy atom. The highest BCUT2D eigenvalue weighted by atomic mass is 32.2. The maximum Gasteiger partial charge on any atom is 0.203 e. The number of aromatic nitrogens is 3. The molecule has 3 rings (SSSR count). The van der Waals surface area contributed by atoms with Gasteiger partial charge in [-0.25, -0.2) is 0 Å². The highest BCUT2D eigenvalue weighted by Gasteiger charge is 2.16. The first-order valence-corrected chi connectivity index (χ1v) is 9.80. The normalized spacial score (nSPS) is 11.0. The van der Waals surface area contributed by atoms with Gasteiger partial charge in [-0.1, -0.05) is 53.4 Å². The first kappa shape index (κ1) is 17.7. The predicted octanol–water partition coefficient (Wildman–Crippen LogP) is 3.76. The van der Waals surface area contributed by atoms with Crippen LogP contribution in [0.2, 0.25) is 0 Å². The molecule has 2 aromatic heterocycles. The van der Waals surface area contributed by atoms with Gasteiger partial charge in [0, 0.05) is 23.5 Å². The van der Waals surface area contributed by atoms with Crippen LogP contribution in [0.1, 0.15) is 27.3 Å². The summed E-state index contributed by atoms with van der Waals surface area (Å²) in [6.45, 7) is 4.93. The number of hydrogen-bond donors (Lipinski definition) is 1. The van der Waals surface area contributed by atoms with Gasteiger partial charge in [0.15, 0.2) is 10.1 Å². The SMILES string of the molecule is Cc1cc(C(=O)CSc2nnc(N)s2)c(C)n1CCc1ccccc1. The summed E-state index contributed by atoms with van der Waals surface area (Å²) in [6, 6.07) is 12.4. The van der Waals surface area contributed by atoms with Crippen molar-refractivity contribution >= 4 is 34.0 Å². The molecule has 2 heterocycles. The van der Waals surface area contributed by atoms with Gasteiger partial charge < -0.3 is 10.3 Å². The van der Waals surface area contributed by atoms with Gasteiger partial charge in [-0.2, -0.15) is 0 Å². The largest absolute Gasteiger partial charge is 0.374 e. The maximum atomic E-state index is 12.6. The lowest BCUT2D eigenvalue weighted by Crippen LogP contribution is -2.08. The van der Waals surface area contributed by atoms with Crippen molar-refractivity contribution in [2.24, 2.45) is 0 Å². The summed E-state index contributed by atoms with van der Waals surface area (Å²) in [5.74, 6) is 0.454. The van der Waals surface area contributed by atoms with Crippen molar-refractivity contribution in [3.05, 3.63) is 58.9 Å². The number of nitrogens with two attached hydrogens (primary N) is 1. The minimum absolute atomic E-state index is 0.109. The topological polar surface area (TPSA) is 73.8 Å². The number of ketones is 1. The summed E-state index contributed by atoms with van der Waals surface area (Å²) < 4.78 is 2.94. The zero-order chi connectivity index (χ0) is 17.8. The average Bonchev–Trinajstić information content (AvgIpc) is 3.15. The molecule has 0 saturated carbocycles. The molecule has 0 spiro atoms. The molecule has 0 radical (unpaired) electrons. The zero-order valence-electron chi connectivity index (χ0n) is 14.2. The number of hydrogen-bond acceptors (Lipinski definition) is 6. The van der Waals surface area contributed by atoms with E-state index in [0.29, 0.717) is 10.9 Å². The number of aryl methyl sites for hydroxylation is 2. The lowest BCUT2D eigenvalue weighted by atomic mass is 10.1. The zero-order valence-corrected chi connectivity index (χ0v) is 15.9. The smallest absolute Gasteiger partial charge is 0.203 e. The molecule has 0 aliphatic heterocycles. The van der Waals surface area contributed by atoms with Gasteiger partial charge in [0.1, 0.15) is 0 Å². The number of nitrogen functional groups attached to an aromatic ring is 1. The molecule has 0 unspecified atom stereocenters. The summed E-state index contributed by atoms with van der Waals surface area (Å²) in [6.07, 6.45) is 0.948. The van der Waals surface area contributed by atoms with E-state index in [1.807, 2.05) is 26.0 Å². The van der Waals surface area contributed by atoms with Crippen LogP contribution in [0.25, 0.3) is 0 Å². The average molecular weight is 373 g/mol. The van der Waals surface area contributed by atoms with E-state index in [9.17, 15) is 4.79 Å². The Morgan fingerprint density at radius 1 is 1.24 bits per heavy atom. The molecule has 25 heavy (non-hydrogen) atoms. The van der Waals surface area contributed by atoms with Crippen LogP contribution < -0.4 is 5.73 Å². The van der Waals surface area contributed by atoms with Crippen LogP contribution in [-0.4, -0.2) is 26.3 Å². The number of anilines is 1. The van der Waals surface area contributed by atoms with Gasteiger partial charge in [-0.15, -0.1) is 10.2 Å². The first-order chi connectivity index (χ1) is 12.0. The van der Waals surface area contributed by atoms with E-state index >= 15 is 0 Å². The number of nitrogens with zero attached hydrogens (tertiary/aromatic N) is 3. The molecular weight excluding hydrogens is 352 g/mol. The molecule has 0 bridgehead atoms. The third-order valence-electron chi connectivity index (χ3n) is 4.09. The van der Waals surface area contributed by atoms with Crippen LogP contribution in [-0.2, 0) is 13.0 Å². The van der Waals surface area contributed by atoms with Crippen molar-refractivity contribution in [2.45, 2.75) is 31.2 Å². The molecular formula is C18H20N4OS2. The number of rotatable bonds is 7. The van der Waals surface area contributed by atoms with Gasteiger partial charge in [-0.05, 0) is 31.9 Å². The second kappa shape index (κ2) is 7.84. The van der Waals surface area contributed by atoms with E-state index in [2.05, 4.69) is 39.0 Å². The Hall–Kier alpha value is -2.12. The fourth-order valence-corrected chi connectivity index (χ4v) is 4.32. The highest BCUT2D eigenvalue weighted by molar-refractivity contribution is 8.01. The fourth-order valence-electron chi connectivity index (χ4n) is 2.80. The molecule has 130 valence electrons. The predicted molar refractivity (Wildman–Crippen MR) is 103 cm³/mol. The van der Waals surface area contributed by atoms with Gasteiger partial charge in [0.25, 0.3) is 0 Å². The Morgan fingerprint density at radius 3 is 2.68 bits per heavy atom. The second-order valence-electron chi connectivity index (χ2n) is 5.79. The second-order valence-corrected chi connectivity index (χ2v) is 8.02. The van der Waals surface area contributed by atoms with Crippen LogP contribution in [0.5, 0.6) is 0 Å². The lowest BCUT2D eigenvalue weighted by Gasteiger charge is -2.10. The van der Waals surface area contributed by atoms with Crippen molar-refractivity contribution in [1.29, 1.82) is 0 Å². The summed E-state index contributed by atoms with van der Waals surface area (Å²) >= 11 is 2.69. The highest BCUT2D eigenvalue weighted by Crippen LogP contribution is 2.25. The molecule has 0 amide bonds. The molecule has 3 aromatic rings. The lowest BCUT2D eigenvalue weighted by molar-refractivity contribution is 0.102. The third kappa shape index (κ3) is 4.29. The van der Waals surface area contributed by atoms with E-state index in [4.69, 9.17) is 5.73 Å². The van der Waals surface area contributed by atoms with E-state index in [0.717, 1.165) is 34.3 Å². The Kier molecular flexibility index (Phi) is 5.55. The van der Waals surface area contributed by atoms with Crippen LogP contribution >= 0.6 is 23.1 Å². The molecule has 0 fully saturated rings. The first-order valence-electron chi connectivity index (χ1n) is 8.00. The van der Waals surface area contributed by atoms with Crippen molar-refractivity contribution in [2.75, 3.05) is 11.5 Å². The number of benzene rings is 1. The quantitative estimate of drug-likeness (QED) is 0.505. The third-order valence-corrected chi connectivity index (χ3v) is 5.98. The Labute approximate surface area is 155 Å². The summed E-state index contributed by atoms with van der Waals surface area (Å²) in [5.41, 5.74) is 9.79. The van der Waals surface area contributed by atoms with Crippen molar-refractivity contribution < 1.29 is 4.79 Å². The number of carbonyl (C=O) groups excluding carboxylic acids is 1. The monoisotopic (exact) mass is 372 g/mol. The molecule has 0 atom stereocenters.